The van der Waals surface area contributed by atoms with Crippen LogP contribution in [0.3, 0.4) is 0 Å². The Balaban J connectivity index is 1.94. The highest BCUT2D eigenvalue weighted by Gasteiger charge is 2.33. The van der Waals surface area contributed by atoms with Crippen molar-refractivity contribution in [3.63, 3.8) is 0 Å². The van der Waals surface area contributed by atoms with Crippen molar-refractivity contribution in [2.75, 3.05) is 6.54 Å². The summed E-state index contributed by atoms with van der Waals surface area (Å²) in [5, 5.41) is 3.37. The minimum atomic E-state index is -4.37. The van der Waals surface area contributed by atoms with Crippen LogP contribution in [0.15, 0.2) is 54.6 Å². The normalized spacial score (nSPS) is 19.4. The molecule has 1 aliphatic rings. The third kappa shape index (κ3) is 4.10. The van der Waals surface area contributed by atoms with Gasteiger partial charge in [0.25, 0.3) is 0 Å². The number of Topliss-reactive ketones (excluding diaryl/α,β-unsaturated/α-hetero) is 1. The number of hydrogen-bond acceptors (Lipinski definition) is 2. The highest BCUT2D eigenvalue weighted by Crippen LogP contribution is 2.33. The van der Waals surface area contributed by atoms with Crippen LogP contribution in [-0.4, -0.2) is 18.4 Å². The minimum absolute atomic E-state index is 0.0558. The molecule has 2 aromatic carbocycles. The summed E-state index contributed by atoms with van der Waals surface area (Å²) in [6.45, 7) is 0.823. The van der Waals surface area contributed by atoms with Gasteiger partial charge in [-0.15, -0.1) is 0 Å². The van der Waals surface area contributed by atoms with Crippen molar-refractivity contribution in [1.29, 1.82) is 0 Å². The molecule has 0 saturated carbocycles. The van der Waals surface area contributed by atoms with Crippen LogP contribution >= 0.6 is 0 Å². The number of benzene rings is 2. The number of carbonyl (C=O) groups excluding carboxylic acids is 1. The first kappa shape index (κ1) is 17.7. The Kier molecular flexibility index (Phi) is 5.23. The molecule has 2 unspecified atom stereocenters. The molecule has 1 saturated heterocycles. The van der Waals surface area contributed by atoms with Crippen LogP contribution in [-0.2, 0) is 6.18 Å². The molecule has 3 rings (SSSR count). The second kappa shape index (κ2) is 7.40. The van der Waals surface area contributed by atoms with Crippen molar-refractivity contribution in [1.82, 2.24) is 5.32 Å². The van der Waals surface area contributed by atoms with Gasteiger partial charge in [0.2, 0.25) is 0 Å². The fraction of sp³-hybridized carbons (Fsp3) is 0.350. The summed E-state index contributed by atoms with van der Waals surface area (Å²) in [5.41, 5.74) is 0.514. The lowest BCUT2D eigenvalue weighted by Crippen LogP contribution is -2.41. The summed E-state index contributed by atoms with van der Waals surface area (Å²) in [5.74, 6) is -0.537. The number of halogens is 3. The zero-order valence-electron chi connectivity index (χ0n) is 13.7. The number of rotatable bonds is 4. The number of alkyl halides is 3. The van der Waals surface area contributed by atoms with Gasteiger partial charge in [0.05, 0.1) is 11.5 Å². The van der Waals surface area contributed by atoms with E-state index in [2.05, 4.69) is 5.32 Å². The van der Waals surface area contributed by atoms with Crippen molar-refractivity contribution in [2.24, 2.45) is 0 Å². The molecule has 0 spiro atoms. The highest BCUT2D eigenvalue weighted by atomic mass is 19.4. The monoisotopic (exact) mass is 347 g/mol. The molecule has 1 fully saturated rings. The molecule has 0 bridgehead atoms. The van der Waals surface area contributed by atoms with E-state index in [4.69, 9.17) is 0 Å². The van der Waals surface area contributed by atoms with Gasteiger partial charge in [0.1, 0.15) is 0 Å². The van der Waals surface area contributed by atoms with E-state index < -0.39 is 17.7 Å². The number of carbonyl (C=O) groups is 1. The smallest absolute Gasteiger partial charge is 0.313 e. The summed E-state index contributed by atoms with van der Waals surface area (Å²) >= 11 is 0. The molecule has 2 aromatic rings. The molecule has 5 heteroatoms. The molecule has 0 aromatic heterocycles. The van der Waals surface area contributed by atoms with Crippen LogP contribution in [0.1, 0.15) is 46.7 Å². The molecule has 1 heterocycles. The van der Waals surface area contributed by atoms with Gasteiger partial charge in [-0.1, -0.05) is 48.9 Å². The summed E-state index contributed by atoms with van der Waals surface area (Å²) in [7, 11) is 0. The highest BCUT2D eigenvalue weighted by molar-refractivity contribution is 6.01. The maximum Gasteiger partial charge on any atom is 0.416 e. The Morgan fingerprint density at radius 1 is 1.00 bits per heavy atom. The van der Waals surface area contributed by atoms with Crippen LogP contribution in [0, 0.1) is 0 Å². The fourth-order valence-electron chi connectivity index (χ4n) is 3.39. The maximum atomic E-state index is 13.1. The molecular formula is C20H20F3NO. The molecule has 0 amide bonds. The molecule has 25 heavy (non-hydrogen) atoms. The average Bonchev–Trinajstić information content (AvgIpc) is 2.63. The average molecular weight is 347 g/mol. The van der Waals surface area contributed by atoms with Gasteiger partial charge in [0.15, 0.2) is 5.78 Å². The van der Waals surface area contributed by atoms with Crippen LogP contribution < -0.4 is 5.32 Å². The summed E-state index contributed by atoms with van der Waals surface area (Å²) in [6, 6.07) is 13.9. The van der Waals surface area contributed by atoms with E-state index >= 15 is 0 Å². The van der Waals surface area contributed by atoms with Crippen molar-refractivity contribution < 1.29 is 18.0 Å². The van der Waals surface area contributed by atoms with Crippen molar-refractivity contribution in [3.05, 3.63) is 71.3 Å². The SMILES string of the molecule is O=C(c1ccccc1)C(c1ccc(C(F)(F)F)cc1)C1CCCCN1. The first-order valence-corrected chi connectivity index (χ1v) is 8.46. The van der Waals surface area contributed by atoms with E-state index in [-0.39, 0.29) is 11.8 Å². The van der Waals surface area contributed by atoms with Gasteiger partial charge in [-0.25, -0.2) is 0 Å². The molecular weight excluding hydrogens is 327 g/mol. The quantitative estimate of drug-likeness (QED) is 0.804. The first-order chi connectivity index (χ1) is 12.0. The predicted octanol–water partition coefficient (Wildman–Crippen LogP) is 4.81. The lowest BCUT2D eigenvalue weighted by Gasteiger charge is -2.31. The zero-order valence-corrected chi connectivity index (χ0v) is 13.7. The summed E-state index contributed by atoms with van der Waals surface area (Å²) in [6.07, 6.45) is -1.47. The third-order valence-corrected chi connectivity index (χ3v) is 4.69. The van der Waals surface area contributed by atoms with Crippen LogP contribution in [0.25, 0.3) is 0 Å². The van der Waals surface area contributed by atoms with Crippen LogP contribution in [0.5, 0.6) is 0 Å². The molecule has 1 N–H and O–H groups in total. The van der Waals surface area contributed by atoms with E-state index in [9.17, 15) is 18.0 Å². The Labute approximate surface area is 145 Å². The number of nitrogens with one attached hydrogen (secondary N) is 1. The van der Waals surface area contributed by atoms with E-state index in [0.717, 1.165) is 37.9 Å². The van der Waals surface area contributed by atoms with Gasteiger partial charge < -0.3 is 5.32 Å². The lowest BCUT2D eigenvalue weighted by molar-refractivity contribution is -0.137. The number of ketones is 1. The van der Waals surface area contributed by atoms with Crippen LogP contribution in [0.2, 0.25) is 0 Å². The molecule has 0 aliphatic carbocycles. The van der Waals surface area contributed by atoms with Gasteiger partial charge in [-0.3, -0.25) is 4.79 Å². The summed E-state index contributed by atoms with van der Waals surface area (Å²) in [4.78, 5) is 13.1. The van der Waals surface area contributed by atoms with E-state index in [1.807, 2.05) is 6.07 Å². The zero-order chi connectivity index (χ0) is 17.9. The largest absolute Gasteiger partial charge is 0.416 e. The fourth-order valence-corrected chi connectivity index (χ4v) is 3.39. The van der Waals surface area contributed by atoms with E-state index in [1.54, 1.807) is 24.3 Å². The van der Waals surface area contributed by atoms with Crippen molar-refractivity contribution >= 4 is 5.78 Å². The third-order valence-electron chi connectivity index (χ3n) is 4.69. The maximum absolute atomic E-state index is 13.1. The van der Waals surface area contributed by atoms with Gasteiger partial charge >= 0.3 is 6.18 Å². The van der Waals surface area contributed by atoms with Gasteiger partial charge in [0, 0.05) is 11.6 Å². The Morgan fingerprint density at radius 3 is 2.24 bits per heavy atom. The number of piperidine rings is 1. The molecule has 2 atom stereocenters. The predicted molar refractivity (Wildman–Crippen MR) is 90.6 cm³/mol. The summed E-state index contributed by atoms with van der Waals surface area (Å²) < 4.78 is 38.5. The van der Waals surface area contributed by atoms with Crippen molar-refractivity contribution in [2.45, 2.75) is 37.4 Å². The molecule has 0 radical (unpaired) electrons. The second-order valence-corrected chi connectivity index (χ2v) is 6.38. The van der Waals surface area contributed by atoms with E-state index in [1.165, 1.54) is 12.1 Å². The van der Waals surface area contributed by atoms with Crippen molar-refractivity contribution in [3.8, 4) is 0 Å². The molecule has 1 aliphatic heterocycles. The standard InChI is InChI=1S/C20H20F3NO/c21-20(22,23)16-11-9-14(10-12-16)18(17-8-4-5-13-24-17)19(25)15-6-2-1-3-7-15/h1-3,6-7,9-12,17-18,24H,4-5,8,13H2. The Hall–Kier alpha value is -2.14. The van der Waals surface area contributed by atoms with Crippen LogP contribution in [0.4, 0.5) is 13.2 Å². The first-order valence-electron chi connectivity index (χ1n) is 8.46. The van der Waals surface area contributed by atoms with Gasteiger partial charge in [-0.2, -0.15) is 13.2 Å². The topological polar surface area (TPSA) is 29.1 Å². The second-order valence-electron chi connectivity index (χ2n) is 6.38. The molecule has 2 nitrogen and oxygen atoms in total. The number of hydrogen-bond donors (Lipinski definition) is 1. The molecule has 132 valence electrons. The Bertz CT molecular complexity index is 704. The Morgan fingerprint density at radius 2 is 1.68 bits per heavy atom. The van der Waals surface area contributed by atoms with E-state index in [0.29, 0.717) is 11.1 Å². The van der Waals surface area contributed by atoms with Gasteiger partial charge in [-0.05, 0) is 37.1 Å². The lowest BCUT2D eigenvalue weighted by atomic mass is 9.81. The minimum Gasteiger partial charge on any atom is -0.313 e.